The van der Waals surface area contributed by atoms with Crippen LogP contribution in [0, 0.1) is 11.7 Å². The summed E-state index contributed by atoms with van der Waals surface area (Å²) in [5.41, 5.74) is 0.827. The van der Waals surface area contributed by atoms with Crippen LogP contribution in [0.25, 0.3) is 0 Å². The largest absolute Gasteiger partial charge is 0.329 e. The summed E-state index contributed by atoms with van der Waals surface area (Å²) in [5.74, 6) is -1.64. The van der Waals surface area contributed by atoms with E-state index in [1.807, 2.05) is 13.8 Å². The van der Waals surface area contributed by atoms with Crippen LogP contribution in [0.15, 0.2) is 47.8 Å². The van der Waals surface area contributed by atoms with Crippen LogP contribution in [0.2, 0.25) is 10.0 Å². The second kappa shape index (κ2) is 12.1. The number of thiazole rings is 1. The van der Waals surface area contributed by atoms with Crippen LogP contribution < -0.4 is 10.6 Å². The molecule has 7 nitrogen and oxygen atoms in total. The number of halogens is 3. The molecule has 0 atom stereocenters. The van der Waals surface area contributed by atoms with Gasteiger partial charge >= 0.3 is 0 Å². The molecule has 0 aliphatic heterocycles. The van der Waals surface area contributed by atoms with Crippen molar-refractivity contribution in [3.63, 3.8) is 0 Å². The number of nitrogens with one attached hydrogen (secondary N) is 2. The van der Waals surface area contributed by atoms with E-state index in [4.69, 9.17) is 23.2 Å². The van der Waals surface area contributed by atoms with E-state index in [0.29, 0.717) is 22.8 Å². The average molecular weight is 537 g/mol. The summed E-state index contributed by atoms with van der Waals surface area (Å²) < 4.78 is 13.7. The second-order valence-corrected chi connectivity index (χ2v) is 9.78. The van der Waals surface area contributed by atoms with Gasteiger partial charge in [-0.1, -0.05) is 49.2 Å². The van der Waals surface area contributed by atoms with Crippen LogP contribution in [-0.2, 0) is 16.0 Å². The van der Waals surface area contributed by atoms with Gasteiger partial charge in [0.05, 0.1) is 27.8 Å². The van der Waals surface area contributed by atoms with E-state index in [0.717, 1.165) is 11.3 Å². The Morgan fingerprint density at radius 1 is 1.06 bits per heavy atom. The molecule has 0 unspecified atom stereocenters. The van der Waals surface area contributed by atoms with Gasteiger partial charge in [0.25, 0.3) is 5.91 Å². The Hall–Kier alpha value is -3.01. The summed E-state index contributed by atoms with van der Waals surface area (Å²) in [4.78, 5) is 43.5. The van der Waals surface area contributed by atoms with Gasteiger partial charge in [0, 0.05) is 17.5 Å². The van der Waals surface area contributed by atoms with E-state index >= 15 is 0 Å². The SMILES string of the molecule is CC(C)CN(CC(=O)Nc1nc(CC(=O)Nc2ccccc2F)cs1)C(=O)c1ccc(Cl)c(Cl)c1. The summed E-state index contributed by atoms with van der Waals surface area (Å²) >= 11 is 13.1. The van der Waals surface area contributed by atoms with Crippen LogP contribution in [-0.4, -0.2) is 40.7 Å². The van der Waals surface area contributed by atoms with E-state index in [9.17, 15) is 18.8 Å². The van der Waals surface area contributed by atoms with Gasteiger partial charge in [0.15, 0.2) is 5.13 Å². The molecule has 0 aliphatic carbocycles. The van der Waals surface area contributed by atoms with Crippen LogP contribution in [0.5, 0.6) is 0 Å². The zero-order valence-corrected chi connectivity index (χ0v) is 21.3. The van der Waals surface area contributed by atoms with E-state index in [1.165, 1.54) is 35.2 Å². The molecular formula is C24H23Cl2FN4O3S. The minimum atomic E-state index is -0.534. The van der Waals surface area contributed by atoms with Crippen molar-refractivity contribution in [3.05, 3.63) is 75.0 Å². The molecule has 2 N–H and O–H groups in total. The van der Waals surface area contributed by atoms with Crippen molar-refractivity contribution in [2.45, 2.75) is 20.3 Å². The van der Waals surface area contributed by atoms with Crippen molar-refractivity contribution < 1.29 is 18.8 Å². The first-order chi connectivity index (χ1) is 16.6. The molecule has 0 saturated heterocycles. The number of amides is 3. The Morgan fingerprint density at radius 2 is 1.80 bits per heavy atom. The highest BCUT2D eigenvalue weighted by atomic mass is 35.5. The molecule has 3 rings (SSSR count). The lowest BCUT2D eigenvalue weighted by atomic mass is 10.1. The first kappa shape index (κ1) is 26.6. The molecule has 0 fully saturated rings. The quantitative estimate of drug-likeness (QED) is 0.377. The number of anilines is 2. The predicted octanol–water partition coefficient (Wildman–Crippen LogP) is 5.51. The Balaban J connectivity index is 1.60. The number of carbonyl (C=O) groups is 3. The number of aromatic nitrogens is 1. The topological polar surface area (TPSA) is 91.4 Å². The molecule has 0 spiro atoms. The summed E-state index contributed by atoms with van der Waals surface area (Å²) in [6.07, 6.45) is -0.0873. The number of rotatable bonds is 9. The van der Waals surface area contributed by atoms with E-state index in [2.05, 4.69) is 15.6 Å². The molecule has 1 heterocycles. The summed E-state index contributed by atoms with van der Waals surface area (Å²) in [6, 6.07) is 10.4. The fourth-order valence-electron chi connectivity index (χ4n) is 3.17. The number of hydrogen-bond donors (Lipinski definition) is 2. The molecule has 1 aromatic heterocycles. The van der Waals surface area contributed by atoms with Crippen molar-refractivity contribution in [2.24, 2.45) is 5.92 Å². The summed E-state index contributed by atoms with van der Waals surface area (Å²) in [6.45, 7) is 4.03. The number of nitrogens with zero attached hydrogens (tertiary/aromatic N) is 2. The monoisotopic (exact) mass is 536 g/mol. The molecule has 184 valence electrons. The number of carbonyl (C=O) groups excluding carboxylic acids is 3. The van der Waals surface area contributed by atoms with Gasteiger partial charge in [-0.25, -0.2) is 9.37 Å². The lowest BCUT2D eigenvalue weighted by Crippen LogP contribution is -2.40. The number of para-hydroxylation sites is 1. The van der Waals surface area contributed by atoms with Gasteiger partial charge in [0.1, 0.15) is 12.4 Å². The lowest BCUT2D eigenvalue weighted by molar-refractivity contribution is -0.117. The molecule has 35 heavy (non-hydrogen) atoms. The Kier molecular flexibility index (Phi) is 9.20. The van der Waals surface area contributed by atoms with Crippen molar-refractivity contribution in [3.8, 4) is 0 Å². The summed E-state index contributed by atoms with van der Waals surface area (Å²) in [7, 11) is 0. The Bertz CT molecular complexity index is 1230. The van der Waals surface area contributed by atoms with E-state index in [-0.39, 0.29) is 40.6 Å². The maximum atomic E-state index is 13.7. The van der Waals surface area contributed by atoms with Crippen molar-refractivity contribution in [1.82, 2.24) is 9.88 Å². The standard InChI is InChI=1S/C24H23Cl2FN4O3S/c1-14(2)11-31(23(34)15-7-8-17(25)18(26)9-15)12-22(33)30-24-28-16(13-35-24)10-21(32)29-20-6-4-3-5-19(20)27/h3-9,13-14H,10-12H2,1-2H3,(H,29,32)(H,28,30,33). The summed E-state index contributed by atoms with van der Waals surface area (Å²) in [5, 5.41) is 7.65. The average Bonchev–Trinajstić information content (AvgIpc) is 3.22. The third-order valence-electron chi connectivity index (χ3n) is 4.66. The highest BCUT2D eigenvalue weighted by Crippen LogP contribution is 2.24. The van der Waals surface area contributed by atoms with Crippen LogP contribution in [0.4, 0.5) is 15.2 Å². The zero-order valence-electron chi connectivity index (χ0n) is 19.0. The van der Waals surface area contributed by atoms with Crippen molar-refractivity contribution >= 4 is 63.1 Å². The first-order valence-electron chi connectivity index (χ1n) is 10.7. The molecule has 3 amide bonds. The molecule has 0 radical (unpaired) electrons. The number of benzene rings is 2. The van der Waals surface area contributed by atoms with Crippen LogP contribution >= 0.6 is 34.5 Å². The number of hydrogen-bond acceptors (Lipinski definition) is 5. The lowest BCUT2D eigenvalue weighted by Gasteiger charge is -2.24. The van der Waals surface area contributed by atoms with Gasteiger partial charge in [-0.15, -0.1) is 11.3 Å². The maximum absolute atomic E-state index is 13.7. The minimum Gasteiger partial charge on any atom is -0.329 e. The third kappa shape index (κ3) is 7.74. The minimum absolute atomic E-state index is 0.0816. The highest BCUT2D eigenvalue weighted by Gasteiger charge is 2.21. The van der Waals surface area contributed by atoms with Crippen molar-refractivity contribution in [2.75, 3.05) is 23.7 Å². The van der Waals surface area contributed by atoms with Gasteiger partial charge in [-0.05, 0) is 36.2 Å². The van der Waals surface area contributed by atoms with E-state index in [1.54, 1.807) is 17.5 Å². The third-order valence-corrected chi connectivity index (χ3v) is 6.21. The molecular weight excluding hydrogens is 514 g/mol. The maximum Gasteiger partial charge on any atom is 0.254 e. The van der Waals surface area contributed by atoms with Crippen LogP contribution in [0.1, 0.15) is 29.9 Å². The molecule has 11 heteroatoms. The molecule has 0 aliphatic rings. The van der Waals surface area contributed by atoms with Gasteiger partial charge in [0.2, 0.25) is 11.8 Å². The fourth-order valence-corrected chi connectivity index (χ4v) is 4.20. The molecule has 3 aromatic rings. The molecule has 2 aromatic carbocycles. The zero-order chi connectivity index (χ0) is 25.5. The van der Waals surface area contributed by atoms with Gasteiger partial charge in [-0.3, -0.25) is 14.4 Å². The van der Waals surface area contributed by atoms with Crippen molar-refractivity contribution in [1.29, 1.82) is 0 Å². The normalized spacial score (nSPS) is 10.8. The predicted molar refractivity (Wildman–Crippen MR) is 137 cm³/mol. The first-order valence-corrected chi connectivity index (χ1v) is 12.3. The van der Waals surface area contributed by atoms with E-state index < -0.39 is 17.6 Å². The fraction of sp³-hybridized carbons (Fsp3) is 0.250. The molecule has 0 saturated carbocycles. The Morgan fingerprint density at radius 3 is 2.49 bits per heavy atom. The van der Waals surface area contributed by atoms with Gasteiger partial charge < -0.3 is 15.5 Å². The van der Waals surface area contributed by atoms with Crippen LogP contribution in [0.3, 0.4) is 0 Å². The second-order valence-electron chi connectivity index (χ2n) is 8.11. The Labute approximate surface area is 216 Å². The highest BCUT2D eigenvalue weighted by molar-refractivity contribution is 7.13. The smallest absolute Gasteiger partial charge is 0.254 e. The molecule has 0 bridgehead atoms. The van der Waals surface area contributed by atoms with Gasteiger partial charge in [-0.2, -0.15) is 0 Å².